The fraction of sp³-hybridized carbons (Fsp3) is 0. The Hall–Kier alpha value is -0.0500. The van der Waals surface area contributed by atoms with Gasteiger partial charge in [-0.3, -0.25) is 0 Å². The molecule has 0 aromatic heterocycles. The Bertz CT molecular complexity index is 235. The topological polar surface area (TPSA) is 20.2 Å². The average Bonchev–Trinajstić information content (AvgIpc) is 1.93. The third kappa shape index (κ3) is 1.34. The van der Waals surface area contributed by atoms with Gasteiger partial charge in [0.25, 0.3) is 0 Å². The van der Waals surface area contributed by atoms with E-state index in [1.54, 1.807) is 6.07 Å². The van der Waals surface area contributed by atoms with E-state index in [0.717, 1.165) is 0 Å². The highest BCUT2D eigenvalue weighted by molar-refractivity contribution is 7.80. The number of hydrogen-bond acceptors (Lipinski definition) is 2. The predicted molar refractivity (Wildman–Crippen MR) is 45.4 cm³/mol. The van der Waals surface area contributed by atoms with Gasteiger partial charge in [-0.1, -0.05) is 23.2 Å². The highest BCUT2D eigenvalue weighted by Gasteiger charge is 2.05. The molecule has 1 aromatic carbocycles. The van der Waals surface area contributed by atoms with Gasteiger partial charge in [-0.05, 0) is 12.1 Å². The van der Waals surface area contributed by atoms with E-state index in [4.69, 9.17) is 28.3 Å². The van der Waals surface area contributed by atoms with Crippen LogP contribution in [0.1, 0.15) is 0 Å². The molecule has 54 valence electrons. The van der Waals surface area contributed by atoms with Crippen molar-refractivity contribution in [2.24, 2.45) is 0 Å². The predicted octanol–water partition coefficient (Wildman–Crippen LogP) is 2.99. The third-order valence-electron chi connectivity index (χ3n) is 1.04. The first-order valence-corrected chi connectivity index (χ1v) is 3.69. The molecule has 0 saturated carbocycles. The van der Waals surface area contributed by atoms with E-state index < -0.39 is 0 Å². The van der Waals surface area contributed by atoms with Crippen molar-refractivity contribution in [2.75, 3.05) is 0 Å². The van der Waals surface area contributed by atoms with Crippen LogP contribution in [-0.2, 0) is 0 Å². The van der Waals surface area contributed by atoms with Crippen LogP contribution >= 0.6 is 35.8 Å². The molecule has 0 bridgehead atoms. The van der Waals surface area contributed by atoms with Crippen LogP contribution < -0.4 is 0 Å². The quantitative estimate of drug-likeness (QED) is 0.609. The lowest BCUT2D eigenvalue weighted by Gasteiger charge is -2.00. The fourth-order valence-electron chi connectivity index (χ4n) is 0.529. The highest BCUT2D eigenvalue weighted by atomic mass is 35.5. The Morgan fingerprint density at radius 2 is 1.80 bits per heavy atom. The number of thiol groups is 1. The number of benzene rings is 1. The number of halogens is 2. The van der Waals surface area contributed by atoms with Crippen molar-refractivity contribution >= 4 is 35.8 Å². The zero-order valence-electron chi connectivity index (χ0n) is 4.81. The summed E-state index contributed by atoms with van der Waals surface area (Å²) >= 11 is 15.2. The zero-order chi connectivity index (χ0) is 7.72. The fourth-order valence-corrected chi connectivity index (χ4v) is 1.11. The number of aromatic hydroxyl groups is 1. The van der Waals surface area contributed by atoms with Crippen LogP contribution in [0, 0.1) is 0 Å². The minimum atomic E-state index is -0.0236. The van der Waals surface area contributed by atoms with E-state index in [-0.39, 0.29) is 15.8 Å². The Morgan fingerprint density at radius 3 is 2.30 bits per heavy atom. The SMILES string of the molecule is Oc1ccc(S)c(Cl)c1Cl. The van der Waals surface area contributed by atoms with Gasteiger partial charge in [0.2, 0.25) is 0 Å². The first kappa shape index (κ1) is 8.05. The van der Waals surface area contributed by atoms with E-state index in [9.17, 15) is 0 Å². The molecule has 1 aromatic rings. The van der Waals surface area contributed by atoms with Crippen molar-refractivity contribution in [3.05, 3.63) is 22.2 Å². The molecule has 0 unspecified atom stereocenters. The summed E-state index contributed by atoms with van der Waals surface area (Å²) in [5.41, 5.74) is 0. The molecule has 0 aliphatic heterocycles. The van der Waals surface area contributed by atoms with Crippen LogP contribution in [-0.4, -0.2) is 5.11 Å². The van der Waals surface area contributed by atoms with E-state index in [1.165, 1.54) is 6.07 Å². The highest BCUT2D eigenvalue weighted by Crippen LogP contribution is 2.34. The summed E-state index contributed by atoms with van der Waals surface area (Å²) in [6.45, 7) is 0. The number of phenols is 1. The molecule has 0 saturated heterocycles. The van der Waals surface area contributed by atoms with Crippen LogP contribution in [0.2, 0.25) is 10.0 Å². The summed E-state index contributed by atoms with van der Waals surface area (Å²) in [7, 11) is 0. The van der Waals surface area contributed by atoms with Gasteiger partial charge in [0.1, 0.15) is 10.8 Å². The van der Waals surface area contributed by atoms with Crippen LogP contribution in [0.4, 0.5) is 0 Å². The molecule has 1 nitrogen and oxygen atoms in total. The zero-order valence-corrected chi connectivity index (χ0v) is 7.21. The minimum absolute atomic E-state index is 0.0236. The number of rotatable bonds is 0. The van der Waals surface area contributed by atoms with E-state index >= 15 is 0 Å². The molecule has 0 fully saturated rings. The van der Waals surface area contributed by atoms with Crippen LogP contribution in [0.5, 0.6) is 5.75 Å². The largest absolute Gasteiger partial charge is 0.506 e. The van der Waals surface area contributed by atoms with Crippen molar-refractivity contribution in [3.63, 3.8) is 0 Å². The van der Waals surface area contributed by atoms with Crippen molar-refractivity contribution in [2.45, 2.75) is 4.90 Å². The average molecular weight is 195 g/mol. The molecular weight excluding hydrogens is 191 g/mol. The first-order valence-electron chi connectivity index (χ1n) is 2.49. The Labute approximate surface area is 74.0 Å². The molecule has 0 aliphatic rings. The maximum atomic E-state index is 8.97. The van der Waals surface area contributed by atoms with Crippen molar-refractivity contribution in [1.29, 1.82) is 0 Å². The lowest BCUT2D eigenvalue weighted by molar-refractivity contribution is 0.475. The Kier molecular flexibility index (Phi) is 2.34. The minimum Gasteiger partial charge on any atom is -0.506 e. The molecule has 0 spiro atoms. The second kappa shape index (κ2) is 2.91. The summed E-state index contributed by atoms with van der Waals surface area (Å²) in [4.78, 5) is 0.560. The van der Waals surface area contributed by atoms with Gasteiger partial charge in [0, 0.05) is 4.90 Å². The molecule has 0 heterocycles. The summed E-state index contributed by atoms with van der Waals surface area (Å²) in [5.74, 6) is -0.0236. The van der Waals surface area contributed by atoms with Gasteiger partial charge in [-0.15, -0.1) is 12.6 Å². The number of phenolic OH excluding ortho intramolecular Hbond substituents is 1. The van der Waals surface area contributed by atoms with Crippen LogP contribution in [0.3, 0.4) is 0 Å². The number of hydrogen-bond donors (Lipinski definition) is 2. The molecule has 0 atom stereocenters. The summed E-state index contributed by atoms with van der Waals surface area (Å²) in [6, 6.07) is 3.02. The lowest BCUT2D eigenvalue weighted by Crippen LogP contribution is -1.72. The summed E-state index contributed by atoms with van der Waals surface area (Å²) in [5, 5.41) is 9.40. The van der Waals surface area contributed by atoms with E-state index in [0.29, 0.717) is 4.90 Å². The van der Waals surface area contributed by atoms with Crippen molar-refractivity contribution in [1.82, 2.24) is 0 Å². The van der Waals surface area contributed by atoms with Gasteiger partial charge in [-0.2, -0.15) is 0 Å². The molecule has 1 rings (SSSR count). The molecule has 0 aliphatic carbocycles. The third-order valence-corrected chi connectivity index (χ3v) is 2.42. The van der Waals surface area contributed by atoms with Gasteiger partial charge in [0.05, 0.1) is 5.02 Å². The van der Waals surface area contributed by atoms with E-state index in [1.807, 2.05) is 0 Å². The van der Waals surface area contributed by atoms with Crippen LogP contribution in [0.25, 0.3) is 0 Å². The molecular formula is C6H4Cl2OS. The van der Waals surface area contributed by atoms with E-state index in [2.05, 4.69) is 12.6 Å². The normalized spacial score (nSPS) is 9.90. The second-order valence-electron chi connectivity index (χ2n) is 1.73. The molecule has 0 amide bonds. The monoisotopic (exact) mass is 194 g/mol. The molecule has 1 N–H and O–H groups in total. The first-order chi connectivity index (χ1) is 4.63. The molecule has 0 radical (unpaired) electrons. The van der Waals surface area contributed by atoms with Crippen LogP contribution in [0.15, 0.2) is 17.0 Å². The Morgan fingerprint density at radius 1 is 1.20 bits per heavy atom. The Balaban J connectivity index is 3.34. The van der Waals surface area contributed by atoms with Gasteiger partial charge in [-0.25, -0.2) is 0 Å². The standard InChI is InChI=1S/C6H4Cl2OS/c7-5-3(9)1-2-4(10)6(5)8/h1-2,9-10H. The van der Waals surface area contributed by atoms with Crippen molar-refractivity contribution in [3.8, 4) is 5.75 Å². The molecule has 10 heavy (non-hydrogen) atoms. The van der Waals surface area contributed by atoms with Gasteiger partial charge in [0.15, 0.2) is 0 Å². The summed E-state index contributed by atoms with van der Waals surface area (Å²) in [6.07, 6.45) is 0. The lowest BCUT2D eigenvalue weighted by atomic mass is 10.3. The second-order valence-corrected chi connectivity index (χ2v) is 2.97. The summed E-state index contributed by atoms with van der Waals surface area (Å²) < 4.78 is 0. The van der Waals surface area contributed by atoms with Gasteiger partial charge >= 0.3 is 0 Å². The van der Waals surface area contributed by atoms with Crippen molar-refractivity contribution < 1.29 is 5.11 Å². The van der Waals surface area contributed by atoms with Gasteiger partial charge < -0.3 is 5.11 Å². The maximum Gasteiger partial charge on any atom is 0.135 e. The smallest absolute Gasteiger partial charge is 0.135 e. The maximum absolute atomic E-state index is 8.97. The molecule has 4 heteroatoms.